The lowest BCUT2D eigenvalue weighted by atomic mass is 9.82. The van der Waals surface area contributed by atoms with Crippen LogP contribution in [0.3, 0.4) is 0 Å². The Kier molecular flexibility index (Phi) is 5.10. The van der Waals surface area contributed by atoms with Crippen LogP contribution in [0.4, 0.5) is 13.2 Å². The van der Waals surface area contributed by atoms with Crippen molar-refractivity contribution < 1.29 is 35.9 Å². The Labute approximate surface area is 163 Å². The zero-order valence-corrected chi connectivity index (χ0v) is 15.7. The number of ketones is 2. The van der Waals surface area contributed by atoms with Crippen LogP contribution in [0.15, 0.2) is 58.5 Å². The number of fused-ring (bicyclic) bond motifs is 1. The highest BCUT2D eigenvalue weighted by Gasteiger charge is 2.34. The Morgan fingerprint density at radius 2 is 1.69 bits per heavy atom. The molecule has 3 rings (SSSR count). The maximum absolute atomic E-state index is 13.0. The number of hydrogen-bond donors (Lipinski definition) is 1. The van der Waals surface area contributed by atoms with Crippen molar-refractivity contribution >= 4 is 21.6 Å². The highest BCUT2D eigenvalue weighted by Crippen LogP contribution is 2.33. The highest BCUT2D eigenvalue weighted by atomic mass is 32.2. The summed E-state index contributed by atoms with van der Waals surface area (Å²) in [4.78, 5) is 25.2. The van der Waals surface area contributed by atoms with Gasteiger partial charge in [0.05, 0.1) is 10.5 Å². The normalized spacial score (nSPS) is 14.8. The van der Waals surface area contributed by atoms with Gasteiger partial charge in [-0.15, -0.1) is 13.2 Å². The molecule has 29 heavy (non-hydrogen) atoms. The molecule has 0 aliphatic heterocycles. The molecule has 0 heterocycles. The molecule has 6 nitrogen and oxygen atoms in total. The summed E-state index contributed by atoms with van der Waals surface area (Å²) in [6, 6.07) is 8.71. The third-order valence-electron chi connectivity index (χ3n) is 4.38. The molecule has 0 bridgehead atoms. The molecule has 0 saturated carbocycles. The van der Waals surface area contributed by atoms with E-state index in [1.165, 1.54) is 31.2 Å². The summed E-state index contributed by atoms with van der Waals surface area (Å²) in [6.07, 6.45) is -5.07. The number of halogens is 3. The van der Waals surface area contributed by atoms with Gasteiger partial charge in [0.2, 0.25) is 10.0 Å². The molecule has 0 spiro atoms. The van der Waals surface area contributed by atoms with Crippen LogP contribution >= 0.6 is 0 Å². The first-order valence-corrected chi connectivity index (χ1v) is 9.73. The topological polar surface area (TPSA) is 104 Å². The smallest absolute Gasteiger partial charge is 0.406 e. The molecular formula is C19H14F3NO5S. The largest absolute Gasteiger partial charge is 0.573 e. The second kappa shape index (κ2) is 7.12. The van der Waals surface area contributed by atoms with Gasteiger partial charge in [0.25, 0.3) is 0 Å². The number of sulfonamides is 1. The lowest BCUT2D eigenvalue weighted by molar-refractivity contribution is -0.274. The van der Waals surface area contributed by atoms with E-state index in [1.54, 1.807) is 0 Å². The number of allylic oxidation sites excluding steroid dienone is 2. The SMILES string of the molecule is CC1=C(Cc2cccc(OC(F)(F)F)c2)C(=O)c2c(cccc2S(N)(=O)=O)C1=O. The number of carbonyl (C=O) groups excluding carboxylic acids is 2. The molecule has 152 valence electrons. The predicted octanol–water partition coefficient (Wildman–Crippen LogP) is 3.17. The average Bonchev–Trinajstić information content (AvgIpc) is 2.61. The second-order valence-electron chi connectivity index (χ2n) is 6.36. The van der Waals surface area contributed by atoms with Crippen molar-refractivity contribution in [3.8, 4) is 5.75 Å². The molecule has 0 atom stereocenters. The number of carbonyl (C=O) groups is 2. The summed E-state index contributed by atoms with van der Waals surface area (Å²) < 4.78 is 64.9. The van der Waals surface area contributed by atoms with E-state index in [-0.39, 0.29) is 34.3 Å². The molecule has 0 saturated heterocycles. The summed E-state index contributed by atoms with van der Waals surface area (Å²) in [6.45, 7) is 1.40. The van der Waals surface area contributed by atoms with Crippen LogP contribution in [-0.2, 0) is 16.4 Å². The molecule has 0 unspecified atom stereocenters. The van der Waals surface area contributed by atoms with E-state index in [4.69, 9.17) is 5.14 Å². The maximum Gasteiger partial charge on any atom is 0.573 e. The first-order chi connectivity index (χ1) is 13.4. The number of rotatable bonds is 4. The third-order valence-corrected chi connectivity index (χ3v) is 5.34. The second-order valence-corrected chi connectivity index (χ2v) is 7.89. The molecule has 0 radical (unpaired) electrons. The number of primary sulfonamides is 1. The van der Waals surface area contributed by atoms with E-state index in [0.29, 0.717) is 0 Å². The van der Waals surface area contributed by atoms with Crippen molar-refractivity contribution in [2.45, 2.75) is 24.6 Å². The highest BCUT2D eigenvalue weighted by molar-refractivity contribution is 7.89. The van der Waals surface area contributed by atoms with Gasteiger partial charge in [-0.25, -0.2) is 13.6 Å². The number of hydrogen-bond acceptors (Lipinski definition) is 5. The van der Waals surface area contributed by atoms with E-state index in [0.717, 1.165) is 18.2 Å². The number of nitrogens with two attached hydrogens (primary N) is 1. The van der Waals surface area contributed by atoms with Crippen LogP contribution in [0, 0.1) is 0 Å². The van der Waals surface area contributed by atoms with Gasteiger partial charge >= 0.3 is 6.36 Å². The summed E-state index contributed by atoms with van der Waals surface area (Å²) in [5, 5.41) is 5.17. The predicted molar refractivity (Wildman–Crippen MR) is 96.0 cm³/mol. The van der Waals surface area contributed by atoms with Gasteiger partial charge in [0, 0.05) is 23.1 Å². The molecule has 0 amide bonds. The molecular weight excluding hydrogens is 411 g/mol. The minimum atomic E-state index is -4.88. The fraction of sp³-hybridized carbons (Fsp3) is 0.158. The molecule has 2 aromatic carbocycles. The van der Waals surface area contributed by atoms with E-state index >= 15 is 0 Å². The van der Waals surface area contributed by atoms with Crippen molar-refractivity contribution in [1.82, 2.24) is 0 Å². The molecule has 10 heteroatoms. The van der Waals surface area contributed by atoms with E-state index < -0.39 is 38.6 Å². The van der Waals surface area contributed by atoms with Crippen LogP contribution < -0.4 is 9.88 Å². The number of Topliss-reactive ketones (excluding diaryl/α,β-unsaturated/α-hetero) is 2. The summed E-state index contributed by atoms with van der Waals surface area (Å²) in [5.74, 6) is -1.75. The Hall–Kier alpha value is -2.98. The minimum absolute atomic E-state index is 0.0252. The lowest BCUT2D eigenvalue weighted by Crippen LogP contribution is -2.26. The first-order valence-electron chi connectivity index (χ1n) is 8.18. The fourth-order valence-corrected chi connectivity index (χ4v) is 3.88. The molecule has 2 N–H and O–H groups in total. The van der Waals surface area contributed by atoms with Crippen molar-refractivity contribution in [3.05, 3.63) is 70.3 Å². The van der Waals surface area contributed by atoms with Gasteiger partial charge in [0.15, 0.2) is 11.6 Å². The molecule has 1 aliphatic rings. The van der Waals surface area contributed by atoms with Crippen LogP contribution in [0.25, 0.3) is 0 Å². The number of ether oxygens (including phenoxy) is 1. The van der Waals surface area contributed by atoms with E-state index in [2.05, 4.69) is 4.74 Å². The fourth-order valence-electron chi connectivity index (χ4n) is 3.12. The van der Waals surface area contributed by atoms with Crippen LogP contribution in [-0.4, -0.2) is 26.3 Å². The van der Waals surface area contributed by atoms with Crippen LogP contribution in [0.2, 0.25) is 0 Å². The Morgan fingerprint density at radius 1 is 1.03 bits per heavy atom. The van der Waals surface area contributed by atoms with Crippen molar-refractivity contribution in [2.75, 3.05) is 0 Å². The summed E-state index contributed by atoms with van der Waals surface area (Å²) in [7, 11) is -4.28. The standard InChI is InChI=1S/C19H14F3NO5S/c1-10-14(9-11-4-2-5-12(8-11)28-19(20,21)22)18(25)16-13(17(10)24)6-3-7-15(16)29(23,26)27/h2-8H,9H2,1H3,(H2,23,26,27). The lowest BCUT2D eigenvalue weighted by Gasteiger charge is -2.21. The molecule has 2 aromatic rings. The third kappa shape index (κ3) is 4.22. The number of benzene rings is 2. The maximum atomic E-state index is 13.0. The molecule has 1 aliphatic carbocycles. The van der Waals surface area contributed by atoms with Gasteiger partial charge in [-0.1, -0.05) is 24.3 Å². The van der Waals surface area contributed by atoms with E-state index in [9.17, 15) is 31.2 Å². The molecule has 0 aromatic heterocycles. The Bertz CT molecular complexity index is 1170. The first kappa shape index (κ1) is 20.7. The zero-order chi connectivity index (χ0) is 21.6. The van der Waals surface area contributed by atoms with Gasteiger partial charge < -0.3 is 4.74 Å². The number of alkyl halides is 3. The average molecular weight is 425 g/mol. The van der Waals surface area contributed by atoms with Gasteiger partial charge in [-0.2, -0.15) is 0 Å². The van der Waals surface area contributed by atoms with Gasteiger partial charge in [-0.3, -0.25) is 9.59 Å². The summed E-state index contributed by atoms with van der Waals surface area (Å²) in [5.41, 5.74) is -0.0852. The Balaban J connectivity index is 2.05. The minimum Gasteiger partial charge on any atom is -0.406 e. The quantitative estimate of drug-likeness (QED) is 0.811. The van der Waals surface area contributed by atoms with Gasteiger partial charge in [0.1, 0.15) is 5.75 Å². The monoisotopic (exact) mass is 425 g/mol. The zero-order valence-electron chi connectivity index (χ0n) is 14.9. The summed E-state index contributed by atoms with van der Waals surface area (Å²) >= 11 is 0. The van der Waals surface area contributed by atoms with Crippen LogP contribution in [0.5, 0.6) is 5.75 Å². The Morgan fingerprint density at radius 3 is 2.31 bits per heavy atom. The van der Waals surface area contributed by atoms with Gasteiger partial charge in [-0.05, 0) is 30.7 Å². The van der Waals surface area contributed by atoms with Crippen LogP contribution in [0.1, 0.15) is 33.2 Å². The van der Waals surface area contributed by atoms with E-state index in [1.807, 2.05) is 0 Å². The van der Waals surface area contributed by atoms with Crippen molar-refractivity contribution in [2.24, 2.45) is 5.14 Å². The van der Waals surface area contributed by atoms with Crippen molar-refractivity contribution in [3.63, 3.8) is 0 Å². The van der Waals surface area contributed by atoms with Crippen molar-refractivity contribution in [1.29, 1.82) is 0 Å². The molecule has 0 fully saturated rings.